The highest BCUT2D eigenvalue weighted by molar-refractivity contribution is 6.24. The van der Waals surface area contributed by atoms with Gasteiger partial charge in [-0.3, -0.25) is 4.79 Å². The van der Waals surface area contributed by atoms with E-state index in [9.17, 15) is 9.59 Å². The minimum atomic E-state index is 0.0513. The smallest absolute Gasteiger partial charge is 0.258 e. The second-order valence-electron chi connectivity index (χ2n) is 4.94. The van der Waals surface area contributed by atoms with E-state index in [4.69, 9.17) is 0 Å². The maximum Gasteiger partial charge on any atom is 0.258 e. The van der Waals surface area contributed by atoms with Crippen LogP contribution in [0, 0.1) is 0 Å². The molecule has 0 bridgehead atoms. The van der Waals surface area contributed by atoms with Crippen LogP contribution < -0.4 is 4.90 Å². The molecule has 3 heteroatoms. The van der Waals surface area contributed by atoms with Gasteiger partial charge >= 0.3 is 0 Å². The molecule has 1 amide bonds. The Labute approximate surface area is 111 Å². The molecule has 0 aromatic heterocycles. The number of carbonyl (C=O) groups excluding carboxylic acids is 2. The van der Waals surface area contributed by atoms with Gasteiger partial charge < -0.3 is 9.69 Å². The second-order valence-corrected chi connectivity index (χ2v) is 4.94. The van der Waals surface area contributed by atoms with Crippen molar-refractivity contribution in [1.29, 1.82) is 0 Å². The molecule has 0 radical (unpaired) electrons. The van der Waals surface area contributed by atoms with Gasteiger partial charge in [-0.05, 0) is 30.9 Å². The lowest BCUT2D eigenvalue weighted by Crippen LogP contribution is -2.28. The number of hydrogen-bond acceptors (Lipinski definition) is 2. The molecule has 3 rings (SSSR count). The Morgan fingerprint density at radius 3 is 2.63 bits per heavy atom. The Balaban J connectivity index is 1.96. The normalized spacial score (nSPS) is 13.3. The van der Waals surface area contributed by atoms with Gasteiger partial charge in [0, 0.05) is 23.9 Å². The quantitative estimate of drug-likeness (QED) is 0.839. The monoisotopic (exact) mass is 253 g/mol. The van der Waals surface area contributed by atoms with Crippen LogP contribution in [0.25, 0.3) is 10.8 Å². The molecular weight excluding hydrogens is 238 g/mol. The summed E-state index contributed by atoms with van der Waals surface area (Å²) in [5.41, 5.74) is 1.75. The fourth-order valence-electron chi connectivity index (χ4n) is 2.69. The van der Waals surface area contributed by atoms with E-state index in [0.717, 1.165) is 22.0 Å². The molecule has 0 saturated carbocycles. The summed E-state index contributed by atoms with van der Waals surface area (Å²) in [7, 11) is 0. The lowest BCUT2D eigenvalue weighted by atomic mass is 10.1. The van der Waals surface area contributed by atoms with Crippen LogP contribution in [-0.4, -0.2) is 18.2 Å². The molecule has 1 heterocycles. The van der Waals surface area contributed by atoms with Crippen molar-refractivity contribution in [2.24, 2.45) is 0 Å². The average molecular weight is 253 g/mol. The lowest BCUT2D eigenvalue weighted by Gasteiger charge is -2.17. The number of anilines is 1. The van der Waals surface area contributed by atoms with E-state index in [1.807, 2.05) is 36.4 Å². The first-order valence-corrected chi connectivity index (χ1v) is 6.51. The van der Waals surface area contributed by atoms with Crippen LogP contribution in [0.3, 0.4) is 0 Å². The minimum absolute atomic E-state index is 0.0513. The highest BCUT2D eigenvalue weighted by Gasteiger charge is 2.28. The van der Waals surface area contributed by atoms with Crippen molar-refractivity contribution in [3.05, 3.63) is 42.0 Å². The SMILES string of the molecule is CC(=O)CCCN1C(=O)c2cccc3cccc1c23. The predicted octanol–water partition coefficient (Wildman–Crippen LogP) is 3.17. The van der Waals surface area contributed by atoms with Gasteiger partial charge in [-0.1, -0.05) is 24.3 Å². The number of Topliss-reactive ketones (excluding diaryl/α,β-unsaturated/α-hetero) is 1. The Kier molecular flexibility index (Phi) is 2.82. The minimum Gasteiger partial charge on any atom is -0.308 e. The van der Waals surface area contributed by atoms with Gasteiger partial charge in [0.2, 0.25) is 0 Å². The van der Waals surface area contributed by atoms with E-state index in [0.29, 0.717) is 19.4 Å². The van der Waals surface area contributed by atoms with E-state index in [2.05, 4.69) is 0 Å². The molecule has 19 heavy (non-hydrogen) atoms. The van der Waals surface area contributed by atoms with Gasteiger partial charge in [-0.25, -0.2) is 0 Å². The fraction of sp³-hybridized carbons (Fsp3) is 0.250. The highest BCUT2D eigenvalue weighted by Crippen LogP contribution is 2.37. The summed E-state index contributed by atoms with van der Waals surface area (Å²) >= 11 is 0. The van der Waals surface area contributed by atoms with Crippen LogP contribution in [0.15, 0.2) is 36.4 Å². The van der Waals surface area contributed by atoms with E-state index < -0.39 is 0 Å². The van der Waals surface area contributed by atoms with Crippen molar-refractivity contribution in [1.82, 2.24) is 0 Å². The van der Waals surface area contributed by atoms with Crippen molar-refractivity contribution in [2.45, 2.75) is 19.8 Å². The molecule has 2 aromatic carbocycles. The van der Waals surface area contributed by atoms with Crippen molar-refractivity contribution >= 4 is 28.2 Å². The van der Waals surface area contributed by atoms with Crippen LogP contribution >= 0.6 is 0 Å². The predicted molar refractivity (Wildman–Crippen MR) is 75.5 cm³/mol. The molecule has 3 nitrogen and oxygen atoms in total. The van der Waals surface area contributed by atoms with Crippen LogP contribution in [0.4, 0.5) is 5.69 Å². The van der Waals surface area contributed by atoms with Crippen LogP contribution in [0.1, 0.15) is 30.1 Å². The number of hydrogen-bond donors (Lipinski definition) is 0. The molecule has 0 saturated heterocycles. The summed E-state index contributed by atoms with van der Waals surface area (Å²) in [6, 6.07) is 11.8. The third-order valence-corrected chi connectivity index (χ3v) is 3.56. The van der Waals surface area contributed by atoms with Crippen LogP contribution in [0.5, 0.6) is 0 Å². The zero-order valence-electron chi connectivity index (χ0n) is 10.8. The van der Waals surface area contributed by atoms with Crippen molar-refractivity contribution in [3.63, 3.8) is 0 Å². The fourth-order valence-corrected chi connectivity index (χ4v) is 2.69. The van der Waals surface area contributed by atoms with Gasteiger partial charge in [0.05, 0.1) is 5.69 Å². The first kappa shape index (κ1) is 11.9. The summed E-state index contributed by atoms with van der Waals surface area (Å²) in [6.07, 6.45) is 1.24. The molecule has 0 aliphatic carbocycles. The molecular formula is C16H15NO2. The standard InChI is InChI=1S/C16H15NO2/c1-11(18)5-4-10-17-14-9-3-7-12-6-2-8-13(15(12)14)16(17)19/h2-3,6-9H,4-5,10H2,1H3. The molecule has 0 unspecified atom stereocenters. The number of rotatable bonds is 4. The van der Waals surface area contributed by atoms with Crippen LogP contribution in [-0.2, 0) is 4.79 Å². The zero-order valence-corrected chi connectivity index (χ0v) is 10.8. The number of amides is 1. The summed E-state index contributed by atoms with van der Waals surface area (Å²) in [6.45, 7) is 2.19. The first-order chi connectivity index (χ1) is 9.18. The maximum atomic E-state index is 12.4. The summed E-state index contributed by atoms with van der Waals surface area (Å²) in [5.74, 6) is 0.220. The van der Waals surface area contributed by atoms with Gasteiger partial charge in [0.1, 0.15) is 5.78 Å². The van der Waals surface area contributed by atoms with E-state index in [1.165, 1.54) is 0 Å². The van der Waals surface area contributed by atoms with E-state index >= 15 is 0 Å². The van der Waals surface area contributed by atoms with Crippen molar-refractivity contribution < 1.29 is 9.59 Å². The number of nitrogens with zero attached hydrogens (tertiary/aromatic N) is 1. The summed E-state index contributed by atoms with van der Waals surface area (Å²) in [4.78, 5) is 25.2. The lowest BCUT2D eigenvalue weighted by molar-refractivity contribution is -0.117. The van der Waals surface area contributed by atoms with Gasteiger partial charge in [-0.2, -0.15) is 0 Å². The molecule has 96 valence electrons. The molecule has 0 fully saturated rings. The highest BCUT2D eigenvalue weighted by atomic mass is 16.2. The Morgan fingerprint density at radius 2 is 1.89 bits per heavy atom. The van der Waals surface area contributed by atoms with Crippen LogP contribution in [0.2, 0.25) is 0 Å². The number of ketones is 1. The zero-order chi connectivity index (χ0) is 13.4. The first-order valence-electron chi connectivity index (χ1n) is 6.51. The third kappa shape index (κ3) is 1.91. The summed E-state index contributed by atoms with van der Waals surface area (Å²) in [5, 5.41) is 2.13. The molecule has 0 N–H and O–H groups in total. The molecule has 0 spiro atoms. The Morgan fingerprint density at radius 1 is 1.16 bits per heavy atom. The summed E-state index contributed by atoms with van der Waals surface area (Å²) < 4.78 is 0. The Hall–Kier alpha value is -2.16. The van der Waals surface area contributed by atoms with Gasteiger partial charge in [-0.15, -0.1) is 0 Å². The second kappa shape index (κ2) is 4.50. The topological polar surface area (TPSA) is 37.4 Å². The largest absolute Gasteiger partial charge is 0.308 e. The van der Waals surface area contributed by atoms with Crippen molar-refractivity contribution in [2.75, 3.05) is 11.4 Å². The van der Waals surface area contributed by atoms with Gasteiger partial charge in [0.25, 0.3) is 5.91 Å². The van der Waals surface area contributed by atoms with Crippen molar-refractivity contribution in [3.8, 4) is 0 Å². The van der Waals surface area contributed by atoms with E-state index in [-0.39, 0.29) is 11.7 Å². The molecule has 0 atom stereocenters. The molecule has 1 aliphatic heterocycles. The molecule has 1 aliphatic rings. The average Bonchev–Trinajstić information content (AvgIpc) is 2.67. The number of benzene rings is 2. The van der Waals surface area contributed by atoms with E-state index in [1.54, 1.807) is 11.8 Å². The number of carbonyl (C=O) groups is 2. The Bertz CT molecular complexity index is 670. The van der Waals surface area contributed by atoms with Gasteiger partial charge in [0.15, 0.2) is 0 Å². The molecule has 2 aromatic rings. The third-order valence-electron chi connectivity index (χ3n) is 3.56. The maximum absolute atomic E-state index is 12.4.